The number of aromatic nitrogens is 2. The monoisotopic (exact) mass is 1510 g/mol. The zero-order chi connectivity index (χ0) is 60.6. The number of hydrogen-bond donors (Lipinski definition) is 2. The number of nitrogens with zero attached hydrogens (tertiary/aromatic N) is 2. The molecule has 8 heteroatoms. The van der Waals surface area contributed by atoms with Gasteiger partial charge in [-0.15, -0.1) is 69.8 Å². The maximum Gasteiger partial charge on any atom is 0.164 e. The molecule has 2 aliphatic rings. The molecule has 468 valence electrons. The Morgan fingerprint density at radius 2 is 0.776 bits per heavy atom. The number of benzene rings is 4. The van der Waals surface area contributed by atoms with E-state index in [4.69, 9.17) is 9.97 Å². The van der Waals surface area contributed by atoms with Crippen LogP contribution in [0.25, 0.3) is 44.3 Å². The molecule has 2 N–H and O–H groups in total. The van der Waals surface area contributed by atoms with Crippen molar-refractivity contribution in [2.24, 2.45) is 35.5 Å². The molecule has 2 fully saturated rings. The Morgan fingerprint density at radius 1 is 0.459 bits per heavy atom. The largest absolute Gasteiger partial charge is 0.512 e. The van der Waals surface area contributed by atoms with E-state index in [1.165, 1.54) is 128 Å². The fourth-order valence-electron chi connectivity index (χ4n) is 12.9. The van der Waals surface area contributed by atoms with E-state index in [1.54, 1.807) is 13.8 Å². The van der Waals surface area contributed by atoms with Gasteiger partial charge in [0.2, 0.25) is 0 Å². The maximum atomic E-state index is 12.1. The minimum atomic E-state index is 0. The minimum Gasteiger partial charge on any atom is -0.512 e. The van der Waals surface area contributed by atoms with Gasteiger partial charge in [-0.05, 0) is 125 Å². The van der Waals surface area contributed by atoms with Gasteiger partial charge in [-0.1, -0.05) is 202 Å². The number of allylic oxidation sites excluding steroid dienone is 4. The summed E-state index contributed by atoms with van der Waals surface area (Å²) in [4.78, 5) is 34.0. The second-order valence-corrected chi connectivity index (χ2v) is 24.4. The van der Waals surface area contributed by atoms with Gasteiger partial charge in [-0.25, -0.2) is 0 Å². The van der Waals surface area contributed by atoms with Crippen LogP contribution in [0.4, 0.5) is 0 Å². The molecule has 2 saturated carbocycles. The van der Waals surface area contributed by atoms with Crippen molar-refractivity contribution in [2.45, 2.75) is 232 Å². The Kier molecular flexibility index (Phi) is 33.9. The van der Waals surface area contributed by atoms with E-state index >= 15 is 0 Å². The quantitative estimate of drug-likeness (QED) is 0.0342. The molecule has 4 aromatic carbocycles. The number of carbonyl (C=O) groups is 2. The van der Waals surface area contributed by atoms with Crippen molar-refractivity contribution in [1.29, 1.82) is 0 Å². The first-order chi connectivity index (χ1) is 39.9. The molecule has 0 bridgehead atoms. The SMILES string of the molecule is CCC(CC)C(=O)C(C)=C(O)C(CC)CC.CCC(CC)C(=O)C(C)=C(O)C(CC)CC.Cc1[c-]c(-c2ccc3c(CC4CCCCC4)cccc3n2)cc(C)c1.Cc1[c-]c(-c2ccc3c(CC4CCCCCC4)cccc3n2)cc(C)c1.[Ir].[Ir]. The molecule has 0 aliphatic heterocycles. The van der Waals surface area contributed by atoms with Crippen LogP contribution in [0.15, 0.2) is 108 Å². The summed E-state index contributed by atoms with van der Waals surface area (Å²) < 4.78 is 0. The topological polar surface area (TPSA) is 100 Å². The average molecular weight is 1510 g/mol. The number of carbonyl (C=O) groups excluding carboxylic acids is 2. The first-order valence-electron chi connectivity index (χ1n) is 32.6. The van der Waals surface area contributed by atoms with E-state index in [0.29, 0.717) is 22.7 Å². The summed E-state index contributed by atoms with van der Waals surface area (Å²) in [6.07, 6.45) is 24.8. The van der Waals surface area contributed by atoms with Gasteiger partial charge in [-0.2, -0.15) is 0 Å². The van der Waals surface area contributed by atoms with Crippen molar-refractivity contribution < 1.29 is 60.0 Å². The van der Waals surface area contributed by atoms with Gasteiger partial charge >= 0.3 is 0 Å². The molecule has 2 heterocycles. The maximum absolute atomic E-state index is 12.1. The van der Waals surface area contributed by atoms with E-state index in [0.717, 1.165) is 96.8 Å². The Balaban J connectivity index is 0.000000303. The number of fused-ring (bicyclic) bond motifs is 2. The third kappa shape index (κ3) is 22.2. The number of hydrogen-bond acceptors (Lipinski definition) is 6. The smallest absolute Gasteiger partial charge is 0.164 e. The van der Waals surface area contributed by atoms with Gasteiger partial charge < -0.3 is 10.2 Å². The molecular weight excluding hydrogens is 1400 g/mol. The fraction of sp³-hybridized carbons (Fsp3) is 0.532. The number of aryl methyl sites for hydroxylation is 4. The summed E-state index contributed by atoms with van der Waals surface area (Å²) in [5.74, 6) is 2.96. The van der Waals surface area contributed by atoms with Gasteiger partial charge in [-0.3, -0.25) is 19.6 Å². The van der Waals surface area contributed by atoms with Crippen molar-refractivity contribution in [3.05, 3.63) is 153 Å². The predicted molar refractivity (Wildman–Crippen MR) is 353 cm³/mol. The van der Waals surface area contributed by atoms with Crippen LogP contribution in [0.2, 0.25) is 0 Å². The first kappa shape index (κ1) is 74.7. The summed E-state index contributed by atoms with van der Waals surface area (Å²) >= 11 is 0. The normalized spacial score (nSPS) is 14.4. The molecule has 0 amide bonds. The third-order valence-electron chi connectivity index (χ3n) is 18.2. The first-order valence-corrected chi connectivity index (χ1v) is 32.6. The standard InChI is InChI=1S/C25H28N.C24H26N.2C14H26O2.2Ir/c1-18-14-19(2)16-22(15-18)24-13-12-23-21(10-7-11-25(23)26-24)17-20-8-5-3-4-6-9-20;1-17-13-18(2)15-21(14-17)23-12-11-22-20(9-6-10-24(22)25-23)16-19-7-4-3-5-8-19;2*1-6-11(7-2)13(15)10(5)14(16)12(8-3)9-4;;/h7,10-15,20H,3-6,8-9,17H2,1-2H3;6,9-14,19H,3-5,7-8,16H2,1-2H3;2*11-12,15H,6-9H2,1-5H3;;/q2*-1;;;;. The molecule has 0 unspecified atom stereocenters. The van der Waals surface area contributed by atoms with Crippen molar-refractivity contribution in [2.75, 3.05) is 0 Å². The van der Waals surface area contributed by atoms with E-state index in [9.17, 15) is 19.8 Å². The molecular formula is C77H106Ir2N2O4-2. The summed E-state index contributed by atoms with van der Waals surface area (Å²) in [6, 6.07) is 37.7. The number of pyridine rings is 2. The summed E-state index contributed by atoms with van der Waals surface area (Å²) in [7, 11) is 0. The minimum absolute atomic E-state index is 0. The van der Waals surface area contributed by atoms with E-state index < -0.39 is 0 Å². The molecule has 6 nitrogen and oxygen atoms in total. The summed E-state index contributed by atoms with van der Waals surface area (Å²) in [5.41, 5.74) is 15.4. The summed E-state index contributed by atoms with van der Waals surface area (Å²) in [5, 5.41) is 22.7. The van der Waals surface area contributed by atoms with Crippen LogP contribution in [0, 0.1) is 75.3 Å². The van der Waals surface area contributed by atoms with Crippen LogP contribution in [-0.2, 0) is 62.6 Å². The van der Waals surface area contributed by atoms with Gasteiger partial charge in [0.15, 0.2) is 11.6 Å². The molecule has 85 heavy (non-hydrogen) atoms. The molecule has 0 spiro atoms. The molecule has 0 atom stereocenters. The van der Waals surface area contributed by atoms with Gasteiger partial charge in [0.1, 0.15) is 11.5 Å². The van der Waals surface area contributed by atoms with Crippen molar-refractivity contribution in [1.82, 2.24) is 9.97 Å². The average Bonchev–Trinajstić information content (AvgIpc) is 3.92. The van der Waals surface area contributed by atoms with Gasteiger partial charge in [0.25, 0.3) is 0 Å². The zero-order valence-electron chi connectivity index (χ0n) is 54.7. The van der Waals surface area contributed by atoms with Gasteiger partial charge in [0.05, 0.1) is 11.0 Å². The second kappa shape index (κ2) is 38.6. The molecule has 2 radical (unpaired) electrons. The van der Waals surface area contributed by atoms with Crippen LogP contribution >= 0.6 is 0 Å². The zero-order valence-corrected chi connectivity index (χ0v) is 59.5. The Labute approximate surface area is 542 Å². The van der Waals surface area contributed by atoms with Crippen LogP contribution in [0.5, 0.6) is 0 Å². The second-order valence-electron chi connectivity index (χ2n) is 24.4. The Hall–Kier alpha value is -4.58. The Bertz CT molecular complexity index is 2960. The fourth-order valence-corrected chi connectivity index (χ4v) is 12.9. The van der Waals surface area contributed by atoms with Crippen LogP contribution < -0.4 is 0 Å². The number of aliphatic hydroxyl groups is 2. The van der Waals surface area contributed by atoms with Crippen molar-refractivity contribution in [3.8, 4) is 22.5 Å². The van der Waals surface area contributed by atoms with Crippen molar-refractivity contribution in [3.63, 3.8) is 0 Å². The van der Waals surface area contributed by atoms with E-state index in [2.05, 4.69) is 125 Å². The Morgan fingerprint density at radius 3 is 1.08 bits per heavy atom. The molecule has 8 rings (SSSR count). The number of aliphatic hydroxyl groups excluding tert-OH is 2. The molecule has 6 aromatic rings. The molecule has 2 aromatic heterocycles. The third-order valence-corrected chi connectivity index (χ3v) is 18.2. The summed E-state index contributed by atoms with van der Waals surface area (Å²) in [6.45, 7) is 28.2. The van der Waals surface area contributed by atoms with Crippen molar-refractivity contribution >= 4 is 33.4 Å². The number of rotatable bonds is 20. The molecule has 0 saturated heterocycles. The number of ketones is 2. The van der Waals surface area contributed by atoms with Crippen LogP contribution in [-0.4, -0.2) is 31.7 Å². The van der Waals surface area contributed by atoms with Crippen LogP contribution in [0.3, 0.4) is 0 Å². The van der Waals surface area contributed by atoms with E-state index in [1.807, 2.05) is 55.4 Å². The van der Waals surface area contributed by atoms with Gasteiger partial charge in [0, 0.05) is 85.8 Å². The van der Waals surface area contributed by atoms with E-state index in [-0.39, 0.29) is 75.4 Å². The predicted octanol–water partition coefficient (Wildman–Crippen LogP) is 21.8. The van der Waals surface area contributed by atoms with Crippen LogP contribution in [0.1, 0.15) is 225 Å². The number of Topliss-reactive ketones (excluding diaryl/α,β-unsaturated/α-hetero) is 2. The molecule has 2 aliphatic carbocycles.